The van der Waals surface area contributed by atoms with Crippen molar-refractivity contribution in [3.63, 3.8) is 0 Å². The van der Waals surface area contributed by atoms with Crippen molar-refractivity contribution in [1.29, 1.82) is 0 Å². The molecule has 6 heteroatoms. The monoisotopic (exact) mass is 508 g/mol. The van der Waals surface area contributed by atoms with Crippen LogP contribution in [0.1, 0.15) is 71.8 Å². The molecule has 0 aliphatic heterocycles. The molecule has 1 amide bonds. The molecular formula is C29H49ClN2O3. The minimum Gasteiger partial charge on any atom is -0.496 e. The Hall–Kier alpha value is -2.08. The quantitative estimate of drug-likeness (QED) is 0.153. The molecule has 5 nitrogen and oxygen atoms in total. The van der Waals surface area contributed by atoms with Gasteiger partial charge in [0.25, 0.3) is 0 Å². The van der Waals surface area contributed by atoms with E-state index in [4.69, 9.17) is 21.1 Å². The van der Waals surface area contributed by atoms with Crippen molar-refractivity contribution in [3.8, 4) is 0 Å². The lowest BCUT2D eigenvalue weighted by Crippen LogP contribution is -2.19. The van der Waals surface area contributed by atoms with E-state index in [0.717, 1.165) is 17.1 Å². The zero-order chi connectivity index (χ0) is 27.1. The molecule has 35 heavy (non-hydrogen) atoms. The lowest BCUT2D eigenvalue weighted by atomic mass is 9.98. The molecule has 0 radical (unpaired) electrons. The smallest absolute Gasteiger partial charge is 0.211 e. The van der Waals surface area contributed by atoms with Crippen LogP contribution in [0.25, 0.3) is 0 Å². The summed E-state index contributed by atoms with van der Waals surface area (Å²) in [5.41, 5.74) is 2.07. The molecule has 2 atom stereocenters. The molecule has 200 valence electrons. The minimum atomic E-state index is -0.173. The Morgan fingerprint density at radius 3 is 2.29 bits per heavy atom. The largest absolute Gasteiger partial charge is 0.496 e. The van der Waals surface area contributed by atoms with Gasteiger partial charge in [-0.15, -0.1) is 6.58 Å². The van der Waals surface area contributed by atoms with Gasteiger partial charge in [0.15, 0.2) is 0 Å². The van der Waals surface area contributed by atoms with Gasteiger partial charge in [-0.25, -0.2) is 0 Å². The van der Waals surface area contributed by atoms with Gasteiger partial charge in [0, 0.05) is 24.3 Å². The molecule has 1 rings (SSSR count). The van der Waals surface area contributed by atoms with E-state index in [-0.39, 0.29) is 6.10 Å². The van der Waals surface area contributed by atoms with Gasteiger partial charge in [-0.2, -0.15) is 0 Å². The fraction of sp³-hybridized carbons (Fsp3) is 0.552. The van der Waals surface area contributed by atoms with E-state index in [1.807, 2.05) is 44.2 Å². The second-order valence-corrected chi connectivity index (χ2v) is 8.73. The first-order chi connectivity index (χ1) is 16.7. The summed E-state index contributed by atoms with van der Waals surface area (Å²) in [5, 5.41) is 3.36. The fourth-order valence-electron chi connectivity index (χ4n) is 3.15. The highest BCUT2D eigenvalue weighted by molar-refractivity contribution is 6.30. The van der Waals surface area contributed by atoms with Crippen LogP contribution in [0.3, 0.4) is 0 Å². The highest BCUT2D eigenvalue weighted by Gasteiger charge is 2.10. The summed E-state index contributed by atoms with van der Waals surface area (Å²) in [7, 11) is 3.78. The minimum absolute atomic E-state index is 0.173. The van der Waals surface area contributed by atoms with Crippen LogP contribution in [0.15, 0.2) is 61.0 Å². The Bertz CT molecular complexity index is 716. The summed E-state index contributed by atoms with van der Waals surface area (Å²) >= 11 is 5.86. The van der Waals surface area contributed by atoms with Gasteiger partial charge in [0.05, 0.1) is 6.61 Å². The summed E-state index contributed by atoms with van der Waals surface area (Å²) in [4.78, 5) is 12.5. The van der Waals surface area contributed by atoms with E-state index >= 15 is 0 Å². The molecule has 1 aromatic rings. The third-order valence-corrected chi connectivity index (χ3v) is 5.28. The van der Waals surface area contributed by atoms with Crippen molar-refractivity contribution in [2.45, 2.75) is 72.3 Å². The molecular weight excluding hydrogens is 460 g/mol. The molecule has 0 aromatic heterocycles. The van der Waals surface area contributed by atoms with Gasteiger partial charge in [0.1, 0.15) is 11.9 Å². The number of ether oxygens (including phenoxy) is 2. The van der Waals surface area contributed by atoms with Crippen LogP contribution >= 0.6 is 11.6 Å². The van der Waals surface area contributed by atoms with E-state index in [1.54, 1.807) is 7.11 Å². The van der Waals surface area contributed by atoms with Gasteiger partial charge in [-0.1, -0.05) is 63.2 Å². The van der Waals surface area contributed by atoms with Crippen LogP contribution in [-0.4, -0.2) is 51.3 Å². The van der Waals surface area contributed by atoms with E-state index in [2.05, 4.69) is 57.3 Å². The summed E-state index contributed by atoms with van der Waals surface area (Å²) in [6, 6.07) is 7.98. The number of benzene rings is 1. The first kappa shape index (κ1) is 35.1. The van der Waals surface area contributed by atoms with Crippen LogP contribution in [-0.2, 0) is 14.3 Å². The third kappa shape index (κ3) is 19.9. The molecule has 0 saturated carbocycles. The SMILES string of the molecule is C=C(OCC)C(C/C=C(\C)NC=O)OC.C=CCC(C)c1cccc(Cl)c1.CCCN(C)CCC. The Kier molecular flexibility index (Phi) is 23.7. The number of halogens is 1. The van der Waals surface area contributed by atoms with Crippen molar-refractivity contribution in [3.05, 3.63) is 71.6 Å². The van der Waals surface area contributed by atoms with Crippen LogP contribution in [0.5, 0.6) is 0 Å². The molecule has 1 aromatic carbocycles. The number of carbonyl (C=O) groups is 1. The fourth-order valence-corrected chi connectivity index (χ4v) is 3.35. The Morgan fingerprint density at radius 2 is 1.83 bits per heavy atom. The standard InChI is InChI=1S/C11H13Cl.C11H19NO3.C7H17N/c1-3-5-9(2)10-6-4-7-11(12)8-10;1-5-15-10(3)11(14-4)7-6-9(2)12-8-13;1-4-6-8(3)7-5-2/h3-4,6-9H,1,5H2,2H3;6,8,11H,3,5,7H2,1-2,4H3,(H,12,13);4-7H2,1-3H3/b;9-6+;. The number of hydrogen-bond donors (Lipinski definition) is 1. The predicted molar refractivity (Wildman–Crippen MR) is 152 cm³/mol. The van der Waals surface area contributed by atoms with Crippen molar-refractivity contribution < 1.29 is 14.3 Å². The van der Waals surface area contributed by atoms with E-state index in [1.165, 1.54) is 31.5 Å². The van der Waals surface area contributed by atoms with E-state index in [0.29, 0.717) is 31.1 Å². The van der Waals surface area contributed by atoms with Crippen LogP contribution in [0, 0.1) is 0 Å². The summed E-state index contributed by atoms with van der Waals surface area (Å²) in [5.74, 6) is 1.12. The van der Waals surface area contributed by atoms with Crippen LogP contribution in [0.2, 0.25) is 5.02 Å². The number of nitrogens with zero attached hydrogens (tertiary/aromatic N) is 1. The maximum atomic E-state index is 10.1. The van der Waals surface area contributed by atoms with Crippen molar-refractivity contribution in [2.75, 3.05) is 33.9 Å². The molecule has 0 bridgehead atoms. The number of rotatable bonds is 15. The molecule has 0 spiro atoms. The van der Waals surface area contributed by atoms with Crippen molar-refractivity contribution in [2.24, 2.45) is 0 Å². The number of allylic oxidation sites excluding steroid dienone is 2. The van der Waals surface area contributed by atoms with Gasteiger partial charge < -0.3 is 19.7 Å². The molecule has 0 fully saturated rings. The Morgan fingerprint density at radius 1 is 1.20 bits per heavy atom. The van der Waals surface area contributed by atoms with Gasteiger partial charge in [-0.3, -0.25) is 4.79 Å². The average molecular weight is 509 g/mol. The molecule has 0 saturated heterocycles. The normalized spacial score (nSPS) is 12.3. The topological polar surface area (TPSA) is 50.8 Å². The second-order valence-electron chi connectivity index (χ2n) is 8.29. The first-order valence-electron chi connectivity index (χ1n) is 12.5. The molecule has 0 aliphatic carbocycles. The predicted octanol–water partition coefficient (Wildman–Crippen LogP) is 7.35. The van der Waals surface area contributed by atoms with Crippen molar-refractivity contribution >= 4 is 18.0 Å². The van der Waals surface area contributed by atoms with E-state index < -0.39 is 0 Å². The number of hydrogen-bond acceptors (Lipinski definition) is 4. The summed E-state index contributed by atoms with van der Waals surface area (Å²) in [6.07, 6.45) is 8.45. The first-order valence-corrected chi connectivity index (χ1v) is 12.8. The Balaban J connectivity index is 0. The van der Waals surface area contributed by atoms with Gasteiger partial charge in [0.2, 0.25) is 6.41 Å². The van der Waals surface area contributed by atoms with Crippen molar-refractivity contribution in [1.82, 2.24) is 10.2 Å². The maximum absolute atomic E-state index is 10.1. The summed E-state index contributed by atoms with van der Waals surface area (Å²) < 4.78 is 10.5. The van der Waals surface area contributed by atoms with Gasteiger partial charge in [-0.05, 0) is 76.9 Å². The van der Waals surface area contributed by atoms with E-state index in [9.17, 15) is 4.79 Å². The zero-order valence-corrected chi connectivity index (χ0v) is 23.9. The average Bonchev–Trinajstić information content (AvgIpc) is 2.81. The van der Waals surface area contributed by atoms with Crippen LogP contribution in [0.4, 0.5) is 0 Å². The lowest BCUT2D eigenvalue weighted by molar-refractivity contribution is -0.108. The molecule has 0 aliphatic rings. The Labute approximate surface area is 220 Å². The highest BCUT2D eigenvalue weighted by atomic mass is 35.5. The van der Waals surface area contributed by atoms with Gasteiger partial charge >= 0.3 is 0 Å². The second kappa shape index (κ2) is 23.7. The van der Waals surface area contributed by atoms with Crippen LogP contribution < -0.4 is 5.32 Å². The number of methoxy groups -OCH3 is 1. The number of nitrogens with one attached hydrogen (secondary N) is 1. The highest BCUT2D eigenvalue weighted by Crippen LogP contribution is 2.21. The molecule has 2 unspecified atom stereocenters. The summed E-state index contributed by atoms with van der Waals surface area (Å²) in [6.45, 7) is 20.9. The zero-order valence-electron chi connectivity index (χ0n) is 23.1. The third-order valence-electron chi connectivity index (χ3n) is 5.05. The molecule has 0 heterocycles. The number of amides is 1. The number of carbonyl (C=O) groups excluding carboxylic acids is 1. The maximum Gasteiger partial charge on any atom is 0.211 e. The molecule has 1 N–H and O–H groups in total. The lowest BCUT2D eigenvalue weighted by Gasteiger charge is -2.16.